The predicted molar refractivity (Wildman–Crippen MR) is 85.1 cm³/mol. The van der Waals surface area contributed by atoms with Gasteiger partial charge in [-0.25, -0.2) is 0 Å². The fourth-order valence-corrected chi connectivity index (χ4v) is 3.09. The minimum Gasteiger partial charge on any atom is -0.479 e. The monoisotopic (exact) mass is 330 g/mol. The van der Waals surface area contributed by atoms with Gasteiger partial charge in [0.1, 0.15) is 5.75 Å². The predicted octanol–water partition coefficient (Wildman–Crippen LogP) is 2.88. The first-order valence-corrected chi connectivity index (χ1v) is 7.92. The number of carbonyl (C=O) groups is 1. The maximum atomic E-state index is 12.3. The van der Waals surface area contributed by atoms with E-state index >= 15 is 0 Å². The average molecular weight is 331 g/mol. The Morgan fingerprint density at radius 3 is 2.67 bits per heavy atom. The third-order valence-electron chi connectivity index (χ3n) is 3.56. The van der Waals surface area contributed by atoms with Gasteiger partial charge in [-0.15, -0.1) is 0 Å². The summed E-state index contributed by atoms with van der Waals surface area (Å²) in [5, 5.41) is 0.946. The average Bonchev–Trinajstić information content (AvgIpc) is 2.95. The van der Waals surface area contributed by atoms with Gasteiger partial charge in [-0.1, -0.05) is 23.2 Å². The zero-order valence-corrected chi connectivity index (χ0v) is 13.6. The molecule has 1 fully saturated rings. The molecule has 0 spiro atoms. The summed E-state index contributed by atoms with van der Waals surface area (Å²) in [4.78, 5) is 14.1. The number of carbonyl (C=O) groups excluding carboxylic acids is 1. The fraction of sp³-hybridized carbons (Fsp3) is 0.533. The molecule has 1 amide bonds. The van der Waals surface area contributed by atoms with E-state index in [-0.39, 0.29) is 5.91 Å². The minimum absolute atomic E-state index is 0.00258. The van der Waals surface area contributed by atoms with Crippen molar-refractivity contribution < 1.29 is 9.53 Å². The van der Waals surface area contributed by atoms with Crippen LogP contribution in [0.1, 0.15) is 25.3 Å². The Morgan fingerprint density at radius 2 is 2.05 bits per heavy atom. The van der Waals surface area contributed by atoms with E-state index in [1.54, 1.807) is 19.1 Å². The van der Waals surface area contributed by atoms with Gasteiger partial charge in [-0.3, -0.25) is 4.79 Å². The molecule has 1 aliphatic rings. The van der Waals surface area contributed by atoms with Crippen LogP contribution in [0.15, 0.2) is 12.1 Å². The number of ether oxygens (including phenoxy) is 1. The summed E-state index contributed by atoms with van der Waals surface area (Å²) in [6.07, 6.45) is 2.13. The number of halogens is 2. The van der Waals surface area contributed by atoms with Crippen LogP contribution in [-0.2, 0) is 11.2 Å². The Balaban J connectivity index is 2.15. The van der Waals surface area contributed by atoms with E-state index < -0.39 is 6.10 Å². The first-order valence-electron chi connectivity index (χ1n) is 7.16. The highest BCUT2D eigenvalue weighted by molar-refractivity contribution is 6.35. The van der Waals surface area contributed by atoms with Gasteiger partial charge >= 0.3 is 0 Å². The van der Waals surface area contributed by atoms with Crippen molar-refractivity contribution in [2.45, 2.75) is 32.3 Å². The SMILES string of the molecule is CC(Oc1c(Cl)cc(Cl)cc1CCN)C(=O)N1CCCC1. The molecule has 6 heteroatoms. The van der Waals surface area contributed by atoms with Crippen LogP contribution in [0.3, 0.4) is 0 Å². The summed E-state index contributed by atoms with van der Waals surface area (Å²) in [5.74, 6) is 0.503. The number of hydrogen-bond acceptors (Lipinski definition) is 3. The van der Waals surface area contributed by atoms with Crippen molar-refractivity contribution in [1.82, 2.24) is 4.90 Å². The highest BCUT2D eigenvalue weighted by Crippen LogP contribution is 2.33. The van der Waals surface area contributed by atoms with Gasteiger partial charge in [0, 0.05) is 18.1 Å². The molecule has 21 heavy (non-hydrogen) atoms. The van der Waals surface area contributed by atoms with Crippen molar-refractivity contribution >= 4 is 29.1 Å². The zero-order valence-electron chi connectivity index (χ0n) is 12.1. The van der Waals surface area contributed by atoms with E-state index in [0.717, 1.165) is 31.5 Å². The van der Waals surface area contributed by atoms with Crippen molar-refractivity contribution in [3.63, 3.8) is 0 Å². The van der Waals surface area contributed by atoms with Crippen LogP contribution >= 0.6 is 23.2 Å². The van der Waals surface area contributed by atoms with E-state index in [1.807, 2.05) is 4.90 Å². The molecule has 1 aliphatic heterocycles. The number of benzene rings is 1. The molecule has 1 aromatic rings. The molecule has 4 nitrogen and oxygen atoms in total. The molecule has 0 bridgehead atoms. The number of likely N-dealkylation sites (tertiary alicyclic amines) is 1. The first kappa shape index (κ1) is 16.4. The first-order chi connectivity index (χ1) is 10.0. The smallest absolute Gasteiger partial charge is 0.263 e. The molecule has 0 radical (unpaired) electrons. The third kappa shape index (κ3) is 4.02. The summed E-state index contributed by atoms with van der Waals surface area (Å²) < 4.78 is 5.82. The maximum Gasteiger partial charge on any atom is 0.263 e. The van der Waals surface area contributed by atoms with Crippen molar-refractivity contribution in [1.29, 1.82) is 0 Å². The van der Waals surface area contributed by atoms with E-state index in [4.69, 9.17) is 33.7 Å². The molecule has 1 saturated heterocycles. The van der Waals surface area contributed by atoms with Crippen LogP contribution in [-0.4, -0.2) is 36.5 Å². The number of hydrogen-bond donors (Lipinski definition) is 1. The standard InChI is InChI=1S/C15H20Cl2N2O2/c1-10(15(20)19-6-2-3-7-19)21-14-11(4-5-18)8-12(16)9-13(14)17/h8-10H,2-7,18H2,1H3. The van der Waals surface area contributed by atoms with Crippen LogP contribution in [0.4, 0.5) is 0 Å². The number of nitrogens with zero attached hydrogens (tertiary/aromatic N) is 1. The molecule has 0 saturated carbocycles. The second-order valence-electron chi connectivity index (χ2n) is 5.21. The number of amides is 1. The molecule has 0 aromatic heterocycles. The lowest BCUT2D eigenvalue weighted by Crippen LogP contribution is -2.38. The lowest BCUT2D eigenvalue weighted by atomic mass is 10.1. The van der Waals surface area contributed by atoms with Crippen LogP contribution in [0.2, 0.25) is 10.0 Å². The van der Waals surface area contributed by atoms with Gasteiger partial charge in [-0.2, -0.15) is 0 Å². The Bertz CT molecular complexity index is 517. The second kappa shape index (κ2) is 7.34. The molecule has 1 aromatic carbocycles. The molecule has 1 heterocycles. The van der Waals surface area contributed by atoms with E-state index in [0.29, 0.717) is 28.8 Å². The van der Waals surface area contributed by atoms with Crippen LogP contribution < -0.4 is 10.5 Å². The molecule has 1 unspecified atom stereocenters. The summed E-state index contributed by atoms with van der Waals surface area (Å²) in [6, 6.07) is 3.40. The van der Waals surface area contributed by atoms with Crippen molar-refractivity contribution in [2.24, 2.45) is 5.73 Å². The summed E-state index contributed by atoms with van der Waals surface area (Å²) in [7, 11) is 0. The summed E-state index contributed by atoms with van der Waals surface area (Å²) in [6.45, 7) is 3.81. The molecule has 2 rings (SSSR count). The van der Waals surface area contributed by atoms with Gasteiger partial charge in [0.05, 0.1) is 5.02 Å². The normalized spacial score (nSPS) is 16.1. The topological polar surface area (TPSA) is 55.6 Å². The molecule has 0 aliphatic carbocycles. The van der Waals surface area contributed by atoms with Gasteiger partial charge in [0.25, 0.3) is 5.91 Å². The molecular formula is C15H20Cl2N2O2. The Kier molecular flexibility index (Phi) is 5.73. The zero-order chi connectivity index (χ0) is 15.4. The van der Waals surface area contributed by atoms with Gasteiger partial charge in [0.2, 0.25) is 0 Å². The quantitative estimate of drug-likeness (QED) is 0.903. The van der Waals surface area contributed by atoms with Gasteiger partial charge in [-0.05, 0) is 50.4 Å². The molecule has 1 atom stereocenters. The Morgan fingerprint density at radius 1 is 1.38 bits per heavy atom. The highest BCUT2D eigenvalue weighted by Gasteiger charge is 2.25. The number of nitrogens with two attached hydrogens (primary N) is 1. The summed E-state index contributed by atoms with van der Waals surface area (Å²) >= 11 is 12.2. The van der Waals surface area contributed by atoms with E-state index in [1.165, 1.54) is 0 Å². The maximum absolute atomic E-state index is 12.3. The van der Waals surface area contributed by atoms with Gasteiger partial charge in [0.15, 0.2) is 6.10 Å². The van der Waals surface area contributed by atoms with Crippen molar-refractivity contribution in [3.8, 4) is 5.75 Å². The van der Waals surface area contributed by atoms with E-state index in [9.17, 15) is 4.79 Å². The Labute approximate surface area is 135 Å². The molecule has 2 N–H and O–H groups in total. The Hall–Kier alpha value is -0.970. The minimum atomic E-state index is -0.571. The van der Waals surface area contributed by atoms with E-state index in [2.05, 4.69) is 0 Å². The summed E-state index contributed by atoms with van der Waals surface area (Å²) in [5.41, 5.74) is 6.43. The lowest BCUT2D eigenvalue weighted by molar-refractivity contribution is -0.136. The van der Waals surface area contributed by atoms with Crippen LogP contribution in [0.25, 0.3) is 0 Å². The van der Waals surface area contributed by atoms with Crippen molar-refractivity contribution in [2.75, 3.05) is 19.6 Å². The third-order valence-corrected chi connectivity index (χ3v) is 4.06. The van der Waals surface area contributed by atoms with Crippen molar-refractivity contribution in [3.05, 3.63) is 27.7 Å². The van der Waals surface area contributed by atoms with Crippen LogP contribution in [0, 0.1) is 0 Å². The fourth-order valence-electron chi connectivity index (χ4n) is 2.51. The lowest BCUT2D eigenvalue weighted by Gasteiger charge is -2.23. The largest absolute Gasteiger partial charge is 0.479 e. The highest BCUT2D eigenvalue weighted by atomic mass is 35.5. The van der Waals surface area contributed by atoms with Crippen LogP contribution in [0.5, 0.6) is 5.75 Å². The van der Waals surface area contributed by atoms with Gasteiger partial charge < -0.3 is 15.4 Å². The second-order valence-corrected chi connectivity index (χ2v) is 6.05. The number of rotatable bonds is 5. The molecule has 116 valence electrons. The molecular weight excluding hydrogens is 311 g/mol.